The van der Waals surface area contributed by atoms with Gasteiger partial charge >= 0.3 is 0 Å². The van der Waals surface area contributed by atoms with E-state index in [4.69, 9.17) is 27.9 Å². The highest BCUT2D eigenvalue weighted by Gasteiger charge is 2.01. The molecule has 0 saturated carbocycles. The fourth-order valence-corrected chi connectivity index (χ4v) is 1.44. The number of benzene rings is 1. The van der Waals surface area contributed by atoms with Crippen LogP contribution in [-0.4, -0.2) is 11.4 Å². The molecule has 0 aliphatic rings. The lowest BCUT2D eigenvalue weighted by Crippen LogP contribution is -2.03. The first kappa shape index (κ1) is 11.8. The molecule has 3 heteroatoms. The van der Waals surface area contributed by atoms with E-state index in [1.54, 1.807) is 0 Å². The van der Waals surface area contributed by atoms with Gasteiger partial charge in [0, 0.05) is 0 Å². The van der Waals surface area contributed by atoms with Gasteiger partial charge in [0.05, 0.1) is 13.2 Å². The Labute approximate surface area is 95.0 Å². The molecule has 0 unspecified atom stereocenters. The quantitative estimate of drug-likeness (QED) is 0.721. The summed E-state index contributed by atoms with van der Waals surface area (Å²) in [6.45, 7) is 5.09. The molecule has 0 heterocycles. The molecular weight excluding hydrogens is 219 g/mol. The van der Waals surface area contributed by atoms with Gasteiger partial charge in [0.25, 0.3) is 0 Å². The average molecular weight is 233 g/mol. The Morgan fingerprint density at radius 1 is 1.29 bits per heavy atom. The number of ether oxygens (including phenoxy) is 1. The van der Waals surface area contributed by atoms with Crippen LogP contribution >= 0.6 is 23.2 Å². The van der Waals surface area contributed by atoms with Crippen molar-refractivity contribution in [3.8, 4) is 0 Å². The van der Waals surface area contributed by atoms with E-state index >= 15 is 0 Å². The minimum absolute atomic E-state index is 0.371. The molecule has 1 nitrogen and oxygen atoms in total. The van der Waals surface area contributed by atoms with Gasteiger partial charge in [-0.1, -0.05) is 23.8 Å². The minimum atomic E-state index is -0.444. The minimum Gasteiger partial charge on any atom is -0.374 e. The molecule has 0 saturated heterocycles. The van der Waals surface area contributed by atoms with Gasteiger partial charge in [-0.2, -0.15) is 0 Å². The Morgan fingerprint density at radius 3 is 2.57 bits per heavy atom. The van der Waals surface area contributed by atoms with Crippen LogP contribution in [0.3, 0.4) is 0 Å². The van der Waals surface area contributed by atoms with Crippen LogP contribution in [0, 0.1) is 13.8 Å². The zero-order chi connectivity index (χ0) is 10.6. The van der Waals surface area contributed by atoms with E-state index < -0.39 is 4.84 Å². The van der Waals surface area contributed by atoms with Crippen LogP contribution in [0.25, 0.3) is 0 Å². The van der Waals surface area contributed by atoms with Crippen molar-refractivity contribution in [3.63, 3.8) is 0 Å². The van der Waals surface area contributed by atoms with Gasteiger partial charge in [-0.3, -0.25) is 0 Å². The molecule has 0 aliphatic heterocycles. The van der Waals surface area contributed by atoms with Crippen LogP contribution in [-0.2, 0) is 11.3 Å². The van der Waals surface area contributed by atoms with Crippen LogP contribution < -0.4 is 0 Å². The van der Waals surface area contributed by atoms with Gasteiger partial charge in [0.2, 0.25) is 0 Å². The largest absolute Gasteiger partial charge is 0.374 e. The first-order valence-electron chi connectivity index (χ1n) is 4.51. The highest BCUT2D eigenvalue weighted by atomic mass is 35.5. The number of hydrogen-bond donors (Lipinski definition) is 0. The van der Waals surface area contributed by atoms with Crippen molar-refractivity contribution in [2.75, 3.05) is 6.61 Å². The van der Waals surface area contributed by atoms with Gasteiger partial charge < -0.3 is 4.74 Å². The Kier molecular flexibility index (Phi) is 4.73. The van der Waals surface area contributed by atoms with E-state index in [0.29, 0.717) is 13.2 Å². The van der Waals surface area contributed by atoms with Crippen LogP contribution in [0.1, 0.15) is 16.7 Å². The SMILES string of the molecule is Cc1ccc(COCC(Cl)Cl)c(C)c1. The van der Waals surface area contributed by atoms with Gasteiger partial charge in [0.1, 0.15) is 4.84 Å². The van der Waals surface area contributed by atoms with E-state index in [1.807, 2.05) is 0 Å². The van der Waals surface area contributed by atoms with Crippen molar-refractivity contribution < 1.29 is 4.74 Å². The number of alkyl halides is 2. The lowest BCUT2D eigenvalue weighted by atomic mass is 10.1. The second kappa shape index (κ2) is 5.59. The van der Waals surface area contributed by atoms with Crippen molar-refractivity contribution in [3.05, 3.63) is 34.9 Å². The normalized spacial score (nSPS) is 10.9. The molecule has 1 rings (SSSR count). The monoisotopic (exact) mass is 232 g/mol. The third-order valence-electron chi connectivity index (χ3n) is 2.00. The van der Waals surface area contributed by atoms with Gasteiger partial charge in [-0.15, -0.1) is 23.2 Å². The maximum atomic E-state index is 5.55. The molecule has 0 spiro atoms. The standard InChI is InChI=1S/C11H14Cl2O/c1-8-3-4-10(9(2)5-8)6-14-7-11(12)13/h3-5,11H,6-7H2,1-2H3. The summed E-state index contributed by atoms with van der Waals surface area (Å²) >= 11 is 11.1. The molecule has 1 aromatic rings. The summed E-state index contributed by atoms with van der Waals surface area (Å²) < 4.78 is 5.34. The van der Waals surface area contributed by atoms with E-state index in [1.165, 1.54) is 16.7 Å². The third-order valence-corrected chi connectivity index (χ3v) is 2.25. The molecule has 0 bridgehead atoms. The smallest absolute Gasteiger partial charge is 0.131 e. The second-order valence-corrected chi connectivity index (χ2v) is 4.61. The van der Waals surface area contributed by atoms with E-state index in [-0.39, 0.29) is 0 Å². The highest BCUT2D eigenvalue weighted by Crippen LogP contribution is 2.12. The maximum absolute atomic E-state index is 5.55. The molecule has 14 heavy (non-hydrogen) atoms. The molecule has 0 radical (unpaired) electrons. The Morgan fingerprint density at radius 2 is 2.00 bits per heavy atom. The lowest BCUT2D eigenvalue weighted by molar-refractivity contribution is 0.130. The summed E-state index contributed by atoms with van der Waals surface area (Å²) in [6.07, 6.45) is 0. The summed E-state index contributed by atoms with van der Waals surface area (Å²) in [4.78, 5) is -0.444. The first-order valence-corrected chi connectivity index (χ1v) is 5.39. The van der Waals surface area contributed by atoms with Crippen molar-refractivity contribution in [1.29, 1.82) is 0 Å². The summed E-state index contributed by atoms with van der Waals surface area (Å²) in [7, 11) is 0. The van der Waals surface area contributed by atoms with Crippen LogP contribution in [0.5, 0.6) is 0 Å². The molecule has 0 atom stereocenters. The van der Waals surface area contributed by atoms with Crippen molar-refractivity contribution in [1.82, 2.24) is 0 Å². The predicted octanol–water partition coefficient (Wildman–Crippen LogP) is 3.62. The molecular formula is C11H14Cl2O. The molecule has 0 aliphatic carbocycles. The Bertz CT molecular complexity index is 297. The van der Waals surface area contributed by atoms with Crippen LogP contribution in [0.2, 0.25) is 0 Å². The van der Waals surface area contributed by atoms with Crippen molar-refractivity contribution in [2.24, 2.45) is 0 Å². The van der Waals surface area contributed by atoms with Gasteiger partial charge in [-0.25, -0.2) is 0 Å². The summed E-state index contributed by atoms with van der Waals surface area (Å²) in [5.41, 5.74) is 3.69. The summed E-state index contributed by atoms with van der Waals surface area (Å²) in [6, 6.07) is 6.28. The van der Waals surface area contributed by atoms with E-state index in [9.17, 15) is 0 Å². The Balaban J connectivity index is 2.51. The molecule has 78 valence electrons. The zero-order valence-corrected chi connectivity index (χ0v) is 9.90. The van der Waals surface area contributed by atoms with Gasteiger partial charge in [-0.05, 0) is 25.0 Å². The third kappa shape index (κ3) is 3.87. The number of rotatable bonds is 4. The fraction of sp³-hybridized carbons (Fsp3) is 0.455. The number of aryl methyl sites for hydroxylation is 2. The zero-order valence-electron chi connectivity index (χ0n) is 8.39. The van der Waals surface area contributed by atoms with Crippen molar-refractivity contribution in [2.45, 2.75) is 25.3 Å². The molecule has 0 aromatic heterocycles. The summed E-state index contributed by atoms with van der Waals surface area (Å²) in [5, 5.41) is 0. The molecule has 0 amide bonds. The van der Waals surface area contributed by atoms with Crippen LogP contribution in [0.15, 0.2) is 18.2 Å². The maximum Gasteiger partial charge on any atom is 0.131 e. The molecule has 0 N–H and O–H groups in total. The number of hydrogen-bond acceptors (Lipinski definition) is 1. The Hall–Kier alpha value is -0.240. The molecule has 0 fully saturated rings. The summed E-state index contributed by atoms with van der Waals surface area (Å²) in [5.74, 6) is 0. The second-order valence-electron chi connectivity index (χ2n) is 3.34. The van der Waals surface area contributed by atoms with Crippen molar-refractivity contribution >= 4 is 23.2 Å². The highest BCUT2D eigenvalue weighted by molar-refractivity contribution is 6.44. The predicted molar refractivity (Wildman–Crippen MR) is 61.1 cm³/mol. The van der Waals surface area contributed by atoms with E-state index in [2.05, 4.69) is 32.0 Å². The van der Waals surface area contributed by atoms with Crippen LogP contribution in [0.4, 0.5) is 0 Å². The first-order chi connectivity index (χ1) is 6.59. The van der Waals surface area contributed by atoms with Gasteiger partial charge in [0.15, 0.2) is 0 Å². The topological polar surface area (TPSA) is 9.23 Å². The fourth-order valence-electron chi connectivity index (χ4n) is 1.27. The number of halogens is 2. The van der Waals surface area contributed by atoms with E-state index in [0.717, 1.165) is 0 Å². The lowest BCUT2D eigenvalue weighted by Gasteiger charge is -2.08. The molecule has 1 aromatic carbocycles. The average Bonchev–Trinajstić information content (AvgIpc) is 2.08.